The van der Waals surface area contributed by atoms with Gasteiger partial charge in [0.1, 0.15) is 18.3 Å². The monoisotopic (exact) mass is 373 g/mol. The predicted octanol–water partition coefficient (Wildman–Crippen LogP) is -2.82. The van der Waals surface area contributed by atoms with Crippen molar-refractivity contribution in [1.29, 1.82) is 0 Å². The number of hydrogen-bond acceptors (Lipinski definition) is 10. The van der Waals surface area contributed by atoms with Crippen LogP contribution in [0.2, 0.25) is 0 Å². The van der Waals surface area contributed by atoms with Crippen LogP contribution in [0.5, 0.6) is 0 Å². The van der Waals surface area contributed by atoms with Crippen LogP contribution in [0.15, 0.2) is 0 Å². The van der Waals surface area contributed by atoms with Crippen molar-refractivity contribution in [2.75, 3.05) is 26.7 Å². The average Bonchev–Trinajstić information content (AvgIpc) is 2.53. The number of carbonyl (C=O) groups excluding carboxylic acids is 1. The lowest BCUT2D eigenvalue weighted by Crippen LogP contribution is -2.49. The molecule has 0 aromatic heterocycles. The van der Waals surface area contributed by atoms with Gasteiger partial charge in [-0.05, 0) is 19.9 Å². The Labute approximate surface area is 138 Å². The topological polar surface area (TPSA) is 177 Å². The minimum atomic E-state index is -4.82. The van der Waals surface area contributed by atoms with E-state index in [2.05, 4.69) is 4.52 Å². The summed E-state index contributed by atoms with van der Waals surface area (Å²) in [6, 6.07) is 0. The zero-order valence-electron chi connectivity index (χ0n) is 13.1. The highest BCUT2D eigenvalue weighted by Crippen LogP contribution is 2.46. The predicted molar refractivity (Wildman–Crippen MR) is 78.6 cm³/mol. The van der Waals surface area contributed by atoms with Crippen LogP contribution < -0.4 is 0 Å². The van der Waals surface area contributed by atoms with Gasteiger partial charge in [0, 0.05) is 13.1 Å². The molecule has 12 heteroatoms. The Morgan fingerprint density at radius 3 is 2.25 bits per heavy atom. The number of carbonyl (C=O) groups is 1. The van der Waals surface area contributed by atoms with Crippen LogP contribution in [0, 0.1) is 0 Å². The second kappa shape index (κ2) is 9.18. The number of hydrogen-bond donors (Lipinski definition) is 6. The van der Waals surface area contributed by atoms with E-state index in [1.807, 2.05) is 11.9 Å². The van der Waals surface area contributed by atoms with E-state index >= 15 is 0 Å². The molecule has 1 unspecified atom stereocenters. The van der Waals surface area contributed by atoms with Crippen LogP contribution in [0.25, 0.3) is 0 Å². The van der Waals surface area contributed by atoms with E-state index in [1.165, 1.54) is 0 Å². The minimum Gasteiger partial charge on any atom is -0.394 e. The first kappa shape index (κ1) is 21.4. The molecular weight excluding hydrogens is 349 g/mol. The minimum absolute atomic E-state index is 0.450. The van der Waals surface area contributed by atoms with Crippen molar-refractivity contribution < 1.29 is 48.8 Å². The number of phosphoric acid groups is 1. The Morgan fingerprint density at radius 2 is 1.75 bits per heavy atom. The van der Waals surface area contributed by atoms with Crippen LogP contribution in [0.3, 0.4) is 0 Å². The first-order chi connectivity index (χ1) is 11.1. The molecule has 1 fully saturated rings. The third-order valence-electron chi connectivity index (χ3n) is 3.65. The maximum absolute atomic E-state index is 11.8. The molecule has 0 radical (unpaired) electrons. The Balaban J connectivity index is 2.56. The SMILES string of the molecule is CN1CCC(OP(=O)(O)OC(=O)[C@H](O)[C@@H](O)[C@H](O)[C@H](O)CO)CC1. The van der Waals surface area contributed by atoms with Gasteiger partial charge < -0.3 is 35.0 Å². The lowest BCUT2D eigenvalue weighted by molar-refractivity contribution is -0.163. The summed E-state index contributed by atoms with van der Waals surface area (Å²) >= 11 is 0. The van der Waals surface area contributed by atoms with Crippen molar-refractivity contribution in [2.24, 2.45) is 0 Å². The zero-order valence-corrected chi connectivity index (χ0v) is 14.0. The fraction of sp³-hybridized carbons (Fsp3) is 0.917. The molecule has 142 valence electrons. The second-order valence-electron chi connectivity index (χ2n) is 5.66. The molecule has 5 atom stereocenters. The summed E-state index contributed by atoms with van der Waals surface area (Å²) in [6.07, 6.45) is -8.24. The van der Waals surface area contributed by atoms with E-state index in [4.69, 9.17) is 14.7 Å². The second-order valence-corrected chi connectivity index (χ2v) is 6.99. The van der Waals surface area contributed by atoms with Gasteiger partial charge >= 0.3 is 13.8 Å². The molecule has 1 heterocycles. The highest BCUT2D eigenvalue weighted by Gasteiger charge is 2.39. The van der Waals surface area contributed by atoms with E-state index in [-0.39, 0.29) is 0 Å². The standard InChI is InChI=1S/C12H24NO10P/c1-13-4-2-7(3-5-13)22-24(20,21)23-12(19)11(18)10(17)9(16)8(15)6-14/h7-11,14-18H,2-6H2,1H3,(H,20,21)/t8-,9-,10+,11-/m1/s1. The average molecular weight is 373 g/mol. The number of phosphoric ester groups is 1. The Morgan fingerprint density at radius 1 is 1.21 bits per heavy atom. The Bertz CT molecular complexity index is 455. The summed E-state index contributed by atoms with van der Waals surface area (Å²) in [5.41, 5.74) is 0. The van der Waals surface area contributed by atoms with Gasteiger partial charge in [-0.2, -0.15) is 0 Å². The molecule has 0 bridgehead atoms. The number of likely N-dealkylation sites (tertiary alicyclic amines) is 1. The number of aliphatic hydroxyl groups excluding tert-OH is 5. The van der Waals surface area contributed by atoms with Gasteiger partial charge in [-0.15, -0.1) is 0 Å². The van der Waals surface area contributed by atoms with E-state index in [9.17, 15) is 29.6 Å². The number of nitrogens with zero attached hydrogens (tertiary/aromatic N) is 1. The maximum atomic E-state index is 11.8. The van der Waals surface area contributed by atoms with Crippen molar-refractivity contribution >= 4 is 13.8 Å². The molecule has 24 heavy (non-hydrogen) atoms. The van der Waals surface area contributed by atoms with Crippen LogP contribution in [0.1, 0.15) is 12.8 Å². The summed E-state index contributed by atoms with van der Waals surface area (Å²) in [5, 5.41) is 46.2. The molecule has 0 aliphatic carbocycles. The van der Waals surface area contributed by atoms with E-state index in [0.717, 1.165) is 0 Å². The number of piperidine rings is 1. The van der Waals surface area contributed by atoms with Gasteiger partial charge in [0.2, 0.25) is 0 Å². The third-order valence-corrected chi connectivity index (χ3v) is 4.62. The van der Waals surface area contributed by atoms with Crippen LogP contribution in [-0.4, -0.2) is 98.6 Å². The number of rotatable bonds is 8. The highest BCUT2D eigenvalue weighted by atomic mass is 31.2. The molecule has 0 aromatic carbocycles. The molecule has 1 aliphatic rings. The van der Waals surface area contributed by atoms with Gasteiger partial charge in [0.25, 0.3) is 0 Å². The summed E-state index contributed by atoms with van der Waals surface area (Å²) in [6.45, 7) is 0.327. The molecule has 0 aromatic rings. The van der Waals surface area contributed by atoms with Gasteiger partial charge in [0.05, 0.1) is 12.7 Å². The van der Waals surface area contributed by atoms with Gasteiger partial charge in [-0.1, -0.05) is 0 Å². The van der Waals surface area contributed by atoms with E-state index in [0.29, 0.717) is 25.9 Å². The molecular formula is C12H24NO10P. The van der Waals surface area contributed by atoms with E-state index in [1.54, 1.807) is 0 Å². The summed E-state index contributed by atoms with van der Waals surface area (Å²) in [4.78, 5) is 23.1. The fourth-order valence-electron chi connectivity index (χ4n) is 2.13. The van der Waals surface area contributed by atoms with Gasteiger partial charge in [0.15, 0.2) is 6.10 Å². The molecule has 1 aliphatic heterocycles. The maximum Gasteiger partial charge on any atom is 0.529 e. The van der Waals surface area contributed by atoms with E-state index < -0.39 is 50.9 Å². The van der Waals surface area contributed by atoms with Crippen molar-refractivity contribution in [1.82, 2.24) is 4.90 Å². The lowest BCUT2D eigenvalue weighted by Gasteiger charge is -2.29. The van der Waals surface area contributed by atoms with Crippen molar-refractivity contribution in [2.45, 2.75) is 43.4 Å². The quantitative estimate of drug-likeness (QED) is 0.242. The summed E-state index contributed by atoms with van der Waals surface area (Å²) in [5.74, 6) is -1.70. The largest absolute Gasteiger partial charge is 0.529 e. The fourth-order valence-corrected chi connectivity index (χ4v) is 3.10. The van der Waals surface area contributed by atoms with Crippen LogP contribution >= 0.6 is 7.82 Å². The molecule has 11 nitrogen and oxygen atoms in total. The highest BCUT2D eigenvalue weighted by molar-refractivity contribution is 7.48. The number of aliphatic hydroxyl groups is 5. The summed E-state index contributed by atoms with van der Waals surface area (Å²) < 4.78 is 20.8. The Hall–Kier alpha value is -0.620. The first-order valence-electron chi connectivity index (χ1n) is 7.33. The molecule has 0 saturated carbocycles. The molecule has 1 rings (SSSR count). The first-order valence-corrected chi connectivity index (χ1v) is 8.83. The normalized spacial score (nSPS) is 24.6. The molecule has 0 spiro atoms. The van der Waals surface area contributed by atoms with Gasteiger partial charge in [-0.25, -0.2) is 9.36 Å². The third kappa shape index (κ3) is 6.36. The van der Waals surface area contributed by atoms with Crippen molar-refractivity contribution in [3.05, 3.63) is 0 Å². The lowest BCUT2D eigenvalue weighted by atomic mass is 10.0. The van der Waals surface area contributed by atoms with Crippen molar-refractivity contribution in [3.8, 4) is 0 Å². The summed E-state index contributed by atoms with van der Waals surface area (Å²) in [7, 11) is -2.95. The molecule has 1 saturated heterocycles. The molecule has 0 amide bonds. The molecule has 6 N–H and O–H groups in total. The Kier molecular flexibility index (Phi) is 8.20. The van der Waals surface area contributed by atoms with Gasteiger partial charge in [-0.3, -0.25) is 9.42 Å². The van der Waals surface area contributed by atoms with Crippen LogP contribution in [0.4, 0.5) is 0 Å². The van der Waals surface area contributed by atoms with Crippen molar-refractivity contribution in [3.63, 3.8) is 0 Å². The smallest absolute Gasteiger partial charge is 0.394 e. The zero-order chi connectivity index (χ0) is 18.5. The van der Waals surface area contributed by atoms with Crippen LogP contribution in [-0.2, 0) is 18.4 Å².